The summed E-state index contributed by atoms with van der Waals surface area (Å²) in [4.78, 5) is 24.6. The minimum absolute atomic E-state index is 0.0538. The largest absolute Gasteiger partial charge is 0.480 e. The Balaban J connectivity index is 1.95. The van der Waals surface area contributed by atoms with E-state index in [0.717, 1.165) is 5.56 Å². The van der Waals surface area contributed by atoms with Gasteiger partial charge in [0.25, 0.3) is 0 Å². The van der Waals surface area contributed by atoms with Crippen molar-refractivity contribution in [2.24, 2.45) is 0 Å². The fourth-order valence-corrected chi connectivity index (χ4v) is 2.41. The zero-order valence-electron chi connectivity index (χ0n) is 10.9. The standard InChI is InChI=1S/C14H16ClNO4/c15-11-3-1-2-10(8-11)4-5-13(17)16-6-7-20-9-12(16)14(18)19/h1-3,8,12H,4-7,9H2,(H,18,19)/t12-/m1/s1. The van der Waals surface area contributed by atoms with Gasteiger partial charge in [0.15, 0.2) is 6.04 Å². The normalized spacial score (nSPS) is 18.9. The van der Waals surface area contributed by atoms with E-state index in [4.69, 9.17) is 21.4 Å². The molecule has 1 atom stereocenters. The molecule has 0 bridgehead atoms. The van der Waals surface area contributed by atoms with E-state index < -0.39 is 12.0 Å². The second-order valence-corrected chi connectivity index (χ2v) is 5.08. The highest BCUT2D eigenvalue weighted by atomic mass is 35.5. The topological polar surface area (TPSA) is 66.8 Å². The van der Waals surface area contributed by atoms with Crippen LogP contribution in [0.3, 0.4) is 0 Å². The van der Waals surface area contributed by atoms with Gasteiger partial charge in [-0.05, 0) is 24.1 Å². The van der Waals surface area contributed by atoms with Crippen LogP contribution >= 0.6 is 11.6 Å². The predicted molar refractivity (Wildman–Crippen MR) is 73.7 cm³/mol. The number of amides is 1. The van der Waals surface area contributed by atoms with Crippen molar-refractivity contribution in [1.29, 1.82) is 0 Å². The van der Waals surface area contributed by atoms with Gasteiger partial charge >= 0.3 is 5.97 Å². The monoisotopic (exact) mass is 297 g/mol. The van der Waals surface area contributed by atoms with E-state index in [1.54, 1.807) is 6.07 Å². The van der Waals surface area contributed by atoms with E-state index in [1.807, 2.05) is 18.2 Å². The highest BCUT2D eigenvalue weighted by Crippen LogP contribution is 2.14. The maximum absolute atomic E-state index is 12.1. The Morgan fingerprint density at radius 2 is 2.25 bits per heavy atom. The average molecular weight is 298 g/mol. The predicted octanol–water partition coefficient (Wildman–Crippen LogP) is 1.58. The lowest BCUT2D eigenvalue weighted by atomic mass is 10.1. The number of hydrogen-bond acceptors (Lipinski definition) is 3. The van der Waals surface area contributed by atoms with E-state index in [0.29, 0.717) is 24.6 Å². The number of carbonyl (C=O) groups excluding carboxylic acids is 1. The summed E-state index contributed by atoms with van der Waals surface area (Å²) >= 11 is 5.88. The molecule has 1 fully saturated rings. The molecule has 1 heterocycles. The first-order chi connectivity index (χ1) is 9.58. The quantitative estimate of drug-likeness (QED) is 0.916. The summed E-state index contributed by atoms with van der Waals surface area (Å²) in [6.45, 7) is 0.760. The number of hydrogen-bond donors (Lipinski definition) is 1. The number of halogens is 1. The van der Waals surface area contributed by atoms with Crippen LogP contribution < -0.4 is 0 Å². The van der Waals surface area contributed by atoms with Crippen LogP contribution in [0.2, 0.25) is 5.02 Å². The van der Waals surface area contributed by atoms with Crippen molar-refractivity contribution < 1.29 is 19.4 Å². The average Bonchev–Trinajstić information content (AvgIpc) is 2.45. The van der Waals surface area contributed by atoms with Gasteiger partial charge in [-0.1, -0.05) is 23.7 Å². The molecule has 6 heteroatoms. The minimum atomic E-state index is -1.03. The SMILES string of the molecule is O=C(O)[C@H]1COCCN1C(=O)CCc1cccc(Cl)c1. The van der Waals surface area contributed by atoms with Gasteiger partial charge in [-0.2, -0.15) is 0 Å². The summed E-state index contributed by atoms with van der Waals surface area (Å²) in [5.74, 6) is -1.19. The van der Waals surface area contributed by atoms with Gasteiger partial charge in [0.1, 0.15) is 0 Å². The van der Waals surface area contributed by atoms with Crippen molar-refractivity contribution in [3.63, 3.8) is 0 Å². The van der Waals surface area contributed by atoms with Gasteiger partial charge in [0.2, 0.25) is 5.91 Å². The molecular formula is C14H16ClNO4. The molecule has 20 heavy (non-hydrogen) atoms. The summed E-state index contributed by atoms with van der Waals surface area (Å²) in [7, 11) is 0. The summed E-state index contributed by atoms with van der Waals surface area (Å²) < 4.78 is 5.11. The molecule has 108 valence electrons. The fraction of sp³-hybridized carbons (Fsp3) is 0.429. The first-order valence-corrected chi connectivity index (χ1v) is 6.80. The Labute approximate surface area is 122 Å². The van der Waals surface area contributed by atoms with E-state index in [2.05, 4.69) is 0 Å². The molecule has 1 aromatic carbocycles. The van der Waals surface area contributed by atoms with Crippen LogP contribution in [-0.4, -0.2) is 47.7 Å². The molecule has 0 radical (unpaired) electrons. The maximum Gasteiger partial charge on any atom is 0.328 e. The van der Waals surface area contributed by atoms with Gasteiger partial charge < -0.3 is 14.7 Å². The first-order valence-electron chi connectivity index (χ1n) is 6.42. The molecule has 0 aromatic heterocycles. The Bertz CT molecular complexity index is 506. The summed E-state index contributed by atoms with van der Waals surface area (Å²) in [5, 5.41) is 9.72. The molecule has 0 saturated carbocycles. The molecule has 2 rings (SSSR count). The summed E-state index contributed by atoms with van der Waals surface area (Å²) in [5.41, 5.74) is 0.964. The van der Waals surface area contributed by atoms with Crippen molar-refractivity contribution in [3.05, 3.63) is 34.9 Å². The molecule has 1 aliphatic heterocycles. The number of nitrogens with zero attached hydrogens (tertiary/aromatic N) is 1. The Morgan fingerprint density at radius 1 is 1.45 bits per heavy atom. The van der Waals surface area contributed by atoms with Gasteiger partial charge in [-0.3, -0.25) is 4.79 Å². The number of aliphatic carboxylic acids is 1. The van der Waals surface area contributed by atoms with Crippen LogP contribution in [0.25, 0.3) is 0 Å². The number of aryl methyl sites for hydroxylation is 1. The molecule has 1 aliphatic rings. The Morgan fingerprint density at radius 3 is 2.95 bits per heavy atom. The molecule has 0 aliphatic carbocycles. The molecule has 1 N–H and O–H groups in total. The van der Waals surface area contributed by atoms with Gasteiger partial charge in [-0.15, -0.1) is 0 Å². The summed E-state index contributed by atoms with van der Waals surface area (Å²) in [6, 6.07) is 6.43. The van der Waals surface area contributed by atoms with Crippen molar-refractivity contribution in [2.45, 2.75) is 18.9 Å². The number of ether oxygens (including phenoxy) is 1. The van der Waals surface area contributed by atoms with Crippen LogP contribution in [0.4, 0.5) is 0 Å². The lowest BCUT2D eigenvalue weighted by Gasteiger charge is -2.32. The highest BCUT2D eigenvalue weighted by Gasteiger charge is 2.32. The van der Waals surface area contributed by atoms with Crippen LogP contribution in [0.5, 0.6) is 0 Å². The third-order valence-corrected chi connectivity index (χ3v) is 3.49. The van der Waals surface area contributed by atoms with Crippen LogP contribution in [0, 0.1) is 0 Å². The van der Waals surface area contributed by atoms with E-state index in [9.17, 15) is 9.59 Å². The van der Waals surface area contributed by atoms with Crippen molar-refractivity contribution in [2.75, 3.05) is 19.8 Å². The number of carboxylic acid groups (broad SMARTS) is 1. The lowest BCUT2D eigenvalue weighted by Crippen LogP contribution is -2.52. The van der Waals surface area contributed by atoms with Crippen LogP contribution in [0.1, 0.15) is 12.0 Å². The highest BCUT2D eigenvalue weighted by molar-refractivity contribution is 6.30. The molecule has 0 spiro atoms. The van der Waals surface area contributed by atoms with Crippen molar-refractivity contribution in [1.82, 2.24) is 4.90 Å². The first kappa shape index (κ1) is 14.8. The number of benzene rings is 1. The molecule has 1 amide bonds. The van der Waals surface area contributed by atoms with Gasteiger partial charge in [0, 0.05) is 18.0 Å². The van der Waals surface area contributed by atoms with Gasteiger partial charge in [-0.25, -0.2) is 4.79 Å². The van der Waals surface area contributed by atoms with E-state index >= 15 is 0 Å². The smallest absolute Gasteiger partial charge is 0.328 e. The third kappa shape index (κ3) is 3.71. The van der Waals surface area contributed by atoms with Gasteiger partial charge in [0.05, 0.1) is 13.2 Å². The second kappa shape index (κ2) is 6.72. The van der Waals surface area contributed by atoms with E-state index in [-0.39, 0.29) is 18.9 Å². The van der Waals surface area contributed by atoms with Crippen LogP contribution in [-0.2, 0) is 20.7 Å². The zero-order chi connectivity index (χ0) is 14.5. The molecule has 0 unspecified atom stereocenters. The van der Waals surface area contributed by atoms with Crippen molar-refractivity contribution in [3.8, 4) is 0 Å². The number of carbonyl (C=O) groups is 2. The number of rotatable bonds is 4. The fourth-order valence-electron chi connectivity index (χ4n) is 2.19. The third-order valence-electron chi connectivity index (χ3n) is 3.25. The molecule has 1 aromatic rings. The maximum atomic E-state index is 12.1. The second-order valence-electron chi connectivity index (χ2n) is 4.65. The van der Waals surface area contributed by atoms with E-state index in [1.165, 1.54) is 4.90 Å². The lowest BCUT2D eigenvalue weighted by molar-refractivity contribution is -0.158. The minimum Gasteiger partial charge on any atom is -0.480 e. The molecule has 5 nitrogen and oxygen atoms in total. The zero-order valence-corrected chi connectivity index (χ0v) is 11.7. The molecule has 1 saturated heterocycles. The Kier molecular flexibility index (Phi) is 4.98. The number of morpholine rings is 1. The van der Waals surface area contributed by atoms with Crippen LogP contribution in [0.15, 0.2) is 24.3 Å². The van der Waals surface area contributed by atoms with Crippen molar-refractivity contribution >= 4 is 23.5 Å². The summed E-state index contributed by atoms with van der Waals surface area (Å²) in [6.07, 6.45) is 0.813. The Hall–Kier alpha value is -1.59. The molecular weight excluding hydrogens is 282 g/mol. The number of carboxylic acids is 1.